The number of piperidine rings is 1. The summed E-state index contributed by atoms with van der Waals surface area (Å²) in [6.07, 6.45) is 9.21. The van der Waals surface area contributed by atoms with Gasteiger partial charge in [0.15, 0.2) is 0 Å². The van der Waals surface area contributed by atoms with Gasteiger partial charge < -0.3 is 9.80 Å². The highest BCUT2D eigenvalue weighted by Gasteiger charge is 2.38. The molecule has 3 aliphatic heterocycles. The molecule has 0 unspecified atom stereocenters. The highest BCUT2D eigenvalue weighted by atomic mass is 16.2. The van der Waals surface area contributed by atoms with E-state index in [2.05, 4.69) is 20.0 Å². The zero-order valence-corrected chi connectivity index (χ0v) is 15.6. The van der Waals surface area contributed by atoms with Crippen LogP contribution in [0.3, 0.4) is 0 Å². The number of rotatable bonds is 3. The Kier molecular flexibility index (Phi) is 4.27. The van der Waals surface area contributed by atoms with E-state index in [0.717, 1.165) is 44.1 Å². The molecule has 0 radical (unpaired) electrons. The molecule has 28 heavy (non-hydrogen) atoms. The van der Waals surface area contributed by atoms with Gasteiger partial charge in [-0.1, -0.05) is 18.2 Å². The van der Waals surface area contributed by atoms with Crippen LogP contribution < -0.4 is 4.90 Å². The summed E-state index contributed by atoms with van der Waals surface area (Å²) in [4.78, 5) is 26.3. The summed E-state index contributed by atoms with van der Waals surface area (Å²) in [5, 5.41) is 4.39. The molecule has 1 aromatic carbocycles. The van der Waals surface area contributed by atoms with Crippen molar-refractivity contribution >= 4 is 11.9 Å². The SMILES string of the molecule is O=C(c1cnn(-c2ccccc2)c1)N1C[C@H]2CC[C@@H]1CN(c1ncccn1)C2. The average Bonchev–Trinajstić information content (AvgIpc) is 3.07. The summed E-state index contributed by atoms with van der Waals surface area (Å²) in [6.45, 7) is 2.45. The lowest BCUT2D eigenvalue weighted by molar-refractivity contribution is 0.0592. The summed E-state index contributed by atoms with van der Waals surface area (Å²) >= 11 is 0. The molecular formula is C21H22N6O. The summed E-state index contributed by atoms with van der Waals surface area (Å²) in [5.74, 6) is 1.26. The van der Waals surface area contributed by atoms with E-state index in [-0.39, 0.29) is 11.9 Å². The lowest BCUT2D eigenvalue weighted by Crippen LogP contribution is -2.47. The van der Waals surface area contributed by atoms with Gasteiger partial charge in [-0.15, -0.1) is 0 Å². The highest BCUT2D eigenvalue weighted by molar-refractivity contribution is 5.94. The molecule has 1 amide bonds. The summed E-state index contributed by atoms with van der Waals surface area (Å²) in [5.41, 5.74) is 1.59. The van der Waals surface area contributed by atoms with Gasteiger partial charge in [0.25, 0.3) is 5.91 Å². The highest BCUT2D eigenvalue weighted by Crippen LogP contribution is 2.30. The Labute approximate surface area is 163 Å². The van der Waals surface area contributed by atoms with Crippen molar-refractivity contribution in [2.45, 2.75) is 18.9 Å². The summed E-state index contributed by atoms with van der Waals surface area (Å²) in [7, 11) is 0. The van der Waals surface area contributed by atoms with Crippen LogP contribution in [0.2, 0.25) is 0 Å². The molecule has 3 aromatic rings. The number of hydrogen-bond acceptors (Lipinski definition) is 5. The minimum absolute atomic E-state index is 0.0627. The first-order chi connectivity index (χ1) is 13.8. The van der Waals surface area contributed by atoms with Crippen molar-refractivity contribution in [1.29, 1.82) is 0 Å². The maximum Gasteiger partial charge on any atom is 0.257 e. The third-order valence-electron chi connectivity index (χ3n) is 5.66. The van der Waals surface area contributed by atoms with Crippen LogP contribution >= 0.6 is 0 Å². The lowest BCUT2D eigenvalue weighted by Gasteiger charge is -2.35. The molecule has 5 heterocycles. The minimum atomic E-state index is 0.0627. The maximum absolute atomic E-state index is 13.3. The predicted molar refractivity (Wildman–Crippen MR) is 105 cm³/mol. The Morgan fingerprint density at radius 1 is 0.964 bits per heavy atom. The van der Waals surface area contributed by atoms with Crippen molar-refractivity contribution in [2.24, 2.45) is 5.92 Å². The standard InChI is InChI=1S/C21H22N6O/c28-20(17-11-24-27(14-17)18-5-2-1-3-6-18)26-13-16-7-8-19(26)15-25(12-16)21-22-9-4-10-23-21/h1-6,9-11,14,16,19H,7-8,12-13,15H2/t16-,19+/m0/s1. The van der Waals surface area contributed by atoms with Crippen LogP contribution in [0.4, 0.5) is 5.95 Å². The quantitative estimate of drug-likeness (QED) is 0.704. The molecule has 2 bridgehead atoms. The Hall–Kier alpha value is -3.22. The first-order valence-corrected chi connectivity index (χ1v) is 9.71. The van der Waals surface area contributed by atoms with E-state index in [1.807, 2.05) is 47.5 Å². The normalized spacial score (nSPS) is 21.6. The van der Waals surface area contributed by atoms with Gasteiger partial charge in [-0.2, -0.15) is 5.10 Å². The van der Waals surface area contributed by atoms with Crippen molar-refractivity contribution < 1.29 is 4.79 Å². The van der Waals surface area contributed by atoms with E-state index in [1.165, 1.54) is 0 Å². The second-order valence-corrected chi connectivity index (χ2v) is 7.52. The number of fused-ring (bicyclic) bond motifs is 4. The van der Waals surface area contributed by atoms with Gasteiger partial charge in [-0.05, 0) is 37.0 Å². The van der Waals surface area contributed by atoms with E-state index >= 15 is 0 Å². The second kappa shape index (κ2) is 7.07. The zero-order valence-electron chi connectivity index (χ0n) is 15.6. The number of aromatic nitrogens is 4. The third kappa shape index (κ3) is 3.13. The molecule has 3 saturated heterocycles. The van der Waals surface area contributed by atoms with Crippen LogP contribution in [0.5, 0.6) is 0 Å². The molecule has 0 spiro atoms. The molecule has 7 heteroatoms. The van der Waals surface area contributed by atoms with Crippen molar-refractivity contribution in [3.05, 3.63) is 66.7 Å². The van der Waals surface area contributed by atoms with E-state index in [0.29, 0.717) is 11.5 Å². The Morgan fingerprint density at radius 2 is 1.79 bits per heavy atom. The van der Waals surface area contributed by atoms with Gasteiger partial charge in [-0.25, -0.2) is 14.6 Å². The van der Waals surface area contributed by atoms with Crippen molar-refractivity contribution in [1.82, 2.24) is 24.6 Å². The number of amides is 1. The Bertz CT molecular complexity index is 957. The number of benzene rings is 1. The number of nitrogens with zero attached hydrogens (tertiary/aromatic N) is 6. The molecule has 2 aromatic heterocycles. The number of carbonyl (C=O) groups excluding carboxylic acids is 1. The molecule has 0 saturated carbocycles. The molecule has 0 N–H and O–H groups in total. The number of hydrogen-bond donors (Lipinski definition) is 0. The van der Waals surface area contributed by atoms with Crippen molar-refractivity contribution in [2.75, 3.05) is 24.5 Å². The van der Waals surface area contributed by atoms with Crippen LogP contribution in [0.25, 0.3) is 5.69 Å². The average molecular weight is 374 g/mol. The molecule has 6 rings (SSSR count). The van der Waals surface area contributed by atoms with Gasteiger partial charge >= 0.3 is 0 Å². The Morgan fingerprint density at radius 3 is 2.61 bits per heavy atom. The van der Waals surface area contributed by atoms with Crippen LogP contribution in [0, 0.1) is 5.92 Å². The first kappa shape index (κ1) is 16.9. The molecule has 3 aliphatic rings. The van der Waals surface area contributed by atoms with Crippen LogP contribution in [-0.2, 0) is 0 Å². The van der Waals surface area contributed by atoms with E-state index in [1.54, 1.807) is 23.3 Å². The van der Waals surface area contributed by atoms with Gasteiger partial charge in [-0.3, -0.25) is 4.79 Å². The maximum atomic E-state index is 13.3. The lowest BCUT2D eigenvalue weighted by atomic mass is 9.94. The monoisotopic (exact) mass is 374 g/mol. The topological polar surface area (TPSA) is 67.2 Å². The predicted octanol–water partition coefficient (Wildman–Crippen LogP) is 2.40. The van der Waals surface area contributed by atoms with Gasteiger partial charge in [0.1, 0.15) is 0 Å². The zero-order chi connectivity index (χ0) is 18.9. The third-order valence-corrected chi connectivity index (χ3v) is 5.66. The largest absolute Gasteiger partial charge is 0.338 e. The fourth-order valence-electron chi connectivity index (χ4n) is 4.27. The summed E-state index contributed by atoms with van der Waals surface area (Å²) < 4.78 is 1.76. The van der Waals surface area contributed by atoms with Gasteiger partial charge in [0.2, 0.25) is 5.95 Å². The van der Waals surface area contributed by atoms with Crippen LogP contribution in [0.1, 0.15) is 23.2 Å². The fourth-order valence-corrected chi connectivity index (χ4v) is 4.27. The smallest absolute Gasteiger partial charge is 0.257 e. The van der Waals surface area contributed by atoms with E-state index in [9.17, 15) is 4.79 Å². The molecule has 2 atom stereocenters. The molecule has 3 fully saturated rings. The molecule has 142 valence electrons. The number of carbonyl (C=O) groups is 1. The van der Waals surface area contributed by atoms with E-state index < -0.39 is 0 Å². The van der Waals surface area contributed by atoms with Crippen LogP contribution in [0.15, 0.2) is 61.2 Å². The van der Waals surface area contributed by atoms with Crippen molar-refractivity contribution in [3.8, 4) is 5.69 Å². The minimum Gasteiger partial charge on any atom is -0.338 e. The van der Waals surface area contributed by atoms with E-state index in [4.69, 9.17) is 0 Å². The van der Waals surface area contributed by atoms with Crippen molar-refractivity contribution in [3.63, 3.8) is 0 Å². The molecular weight excluding hydrogens is 352 g/mol. The summed E-state index contributed by atoms with van der Waals surface area (Å²) in [6, 6.07) is 11.9. The number of anilines is 1. The van der Waals surface area contributed by atoms with Gasteiger partial charge in [0, 0.05) is 44.3 Å². The Balaban J connectivity index is 1.37. The molecule has 0 aliphatic carbocycles. The molecule has 7 nitrogen and oxygen atoms in total. The number of para-hydroxylation sites is 1. The second-order valence-electron chi connectivity index (χ2n) is 7.52. The fraction of sp³-hybridized carbons (Fsp3) is 0.333. The first-order valence-electron chi connectivity index (χ1n) is 9.71. The van der Waals surface area contributed by atoms with Gasteiger partial charge in [0.05, 0.1) is 17.4 Å². The van der Waals surface area contributed by atoms with Crippen LogP contribution in [-0.4, -0.2) is 56.2 Å².